The second kappa shape index (κ2) is 6.92. The van der Waals surface area contributed by atoms with Gasteiger partial charge in [0.05, 0.1) is 19.3 Å². The molecule has 0 radical (unpaired) electrons. The van der Waals surface area contributed by atoms with Crippen LogP contribution < -0.4 is 10.6 Å². The lowest BCUT2D eigenvalue weighted by atomic mass is 9.85. The number of carbonyl (C=O) groups excluding carboxylic acids is 1. The summed E-state index contributed by atoms with van der Waals surface area (Å²) in [7, 11) is 0. The second-order valence-corrected chi connectivity index (χ2v) is 6.28. The van der Waals surface area contributed by atoms with E-state index < -0.39 is 17.4 Å². The number of carboxylic acids is 1. The van der Waals surface area contributed by atoms with E-state index in [0.717, 1.165) is 12.8 Å². The Morgan fingerprint density at radius 2 is 2.00 bits per heavy atom. The topological polar surface area (TPSA) is 87.7 Å². The highest BCUT2D eigenvalue weighted by Gasteiger charge is 2.47. The van der Waals surface area contributed by atoms with Gasteiger partial charge in [0.2, 0.25) is 0 Å². The molecule has 0 bridgehead atoms. The smallest absolute Gasteiger partial charge is 0.315 e. The minimum atomic E-state index is -1.06. The first-order chi connectivity index (χ1) is 9.25. The van der Waals surface area contributed by atoms with E-state index >= 15 is 0 Å². The Morgan fingerprint density at radius 3 is 2.55 bits per heavy atom. The lowest BCUT2D eigenvalue weighted by molar-refractivity contribution is -0.148. The van der Waals surface area contributed by atoms with Gasteiger partial charge in [0, 0.05) is 6.04 Å². The fourth-order valence-corrected chi connectivity index (χ4v) is 2.16. The Balaban J connectivity index is 2.44. The molecule has 1 heterocycles. The number of hydrogen-bond donors (Lipinski definition) is 3. The second-order valence-electron chi connectivity index (χ2n) is 6.28. The molecule has 3 unspecified atom stereocenters. The molecule has 1 rings (SSSR count). The molecular formula is C14H26N2O4. The van der Waals surface area contributed by atoms with Gasteiger partial charge in [-0.3, -0.25) is 4.79 Å². The van der Waals surface area contributed by atoms with Crippen LogP contribution in [0.3, 0.4) is 0 Å². The van der Waals surface area contributed by atoms with Gasteiger partial charge in [0.1, 0.15) is 5.41 Å². The first-order valence-corrected chi connectivity index (χ1v) is 7.14. The number of ether oxygens (including phenoxy) is 1. The minimum absolute atomic E-state index is 0.0656. The zero-order chi connectivity index (χ0) is 15.3. The van der Waals surface area contributed by atoms with Crippen molar-refractivity contribution in [1.29, 1.82) is 0 Å². The molecule has 0 saturated carbocycles. The quantitative estimate of drug-likeness (QED) is 0.692. The Morgan fingerprint density at radius 1 is 1.35 bits per heavy atom. The predicted octanol–water partition coefficient (Wildman–Crippen LogP) is 1.60. The summed E-state index contributed by atoms with van der Waals surface area (Å²) >= 11 is 0. The number of carboxylic acid groups (broad SMARTS) is 1. The molecule has 0 spiro atoms. The zero-order valence-corrected chi connectivity index (χ0v) is 12.7. The molecule has 2 amide bonds. The van der Waals surface area contributed by atoms with Crippen LogP contribution >= 0.6 is 0 Å². The van der Waals surface area contributed by atoms with Gasteiger partial charge in [0.15, 0.2) is 0 Å². The van der Waals surface area contributed by atoms with Crippen LogP contribution in [0.2, 0.25) is 0 Å². The van der Waals surface area contributed by atoms with Gasteiger partial charge in [-0.15, -0.1) is 0 Å². The molecule has 1 aliphatic rings. The molecule has 1 saturated heterocycles. The Bertz CT molecular complexity index is 359. The standard InChI is InChI=1S/C14H26N2O4/c1-9(2)5-6-10(3)15-13(19)16-11-7-20-8-14(11,4)12(17)18/h9-11H,5-8H2,1-4H3,(H,17,18)(H2,15,16,19). The highest BCUT2D eigenvalue weighted by molar-refractivity contribution is 5.79. The normalized spacial score (nSPS) is 27.4. The van der Waals surface area contributed by atoms with Crippen LogP contribution in [0.5, 0.6) is 0 Å². The van der Waals surface area contributed by atoms with Crippen LogP contribution in [-0.4, -0.2) is 42.4 Å². The molecule has 1 aliphatic heterocycles. The fraction of sp³-hybridized carbons (Fsp3) is 0.857. The molecule has 1 fully saturated rings. The summed E-state index contributed by atoms with van der Waals surface area (Å²) in [5.74, 6) is -0.353. The summed E-state index contributed by atoms with van der Waals surface area (Å²) in [6, 6.07) is -0.766. The van der Waals surface area contributed by atoms with E-state index in [-0.39, 0.29) is 25.3 Å². The highest BCUT2D eigenvalue weighted by atomic mass is 16.5. The van der Waals surface area contributed by atoms with E-state index in [9.17, 15) is 14.7 Å². The molecule has 20 heavy (non-hydrogen) atoms. The van der Waals surface area contributed by atoms with Crippen molar-refractivity contribution in [3.63, 3.8) is 0 Å². The summed E-state index contributed by atoms with van der Waals surface area (Å²) in [5, 5.41) is 14.8. The van der Waals surface area contributed by atoms with Crippen LogP contribution in [0.15, 0.2) is 0 Å². The first-order valence-electron chi connectivity index (χ1n) is 7.14. The third kappa shape index (κ3) is 4.37. The van der Waals surface area contributed by atoms with Crippen molar-refractivity contribution in [3.8, 4) is 0 Å². The van der Waals surface area contributed by atoms with E-state index in [1.54, 1.807) is 6.92 Å². The molecule has 0 aromatic rings. The van der Waals surface area contributed by atoms with Crippen molar-refractivity contribution in [2.75, 3.05) is 13.2 Å². The lowest BCUT2D eigenvalue weighted by Gasteiger charge is -2.26. The highest BCUT2D eigenvalue weighted by Crippen LogP contribution is 2.28. The molecule has 6 heteroatoms. The van der Waals surface area contributed by atoms with Gasteiger partial charge in [-0.2, -0.15) is 0 Å². The van der Waals surface area contributed by atoms with Crippen LogP contribution in [0.25, 0.3) is 0 Å². The average Bonchev–Trinajstić information content (AvgIpc) is 2.69. The van der Waals surface area contributed by atoms with Crippen LogP contribution in [0.4, 0.5) is 4.79 Å². The Labute approximate surface area is 120 Å². The molecule has 3 atom stereocenters. The van der Waals surface area contributed by atoms with Crippen LogP contribution in [0.1, 0.15) is 40.5 Å². The van der Waals surface area contributed by atoms with Crippen molar-refractivity contribution >= 4 is 12.0 Å². The van der Waals surface area contributed by atoms with Crippen molar-refractivity contribution in [3.05, 3.63) is 0 Å². The van der Waals surface area contributed by atoms with Crippen LogP contribution in [-0.2, 0) is 9.53 Å². The third-order valence-electron chi connectivity index (χ3n) is 3.80. The molecule has 0 aliphatic carbocycles. The number of rotatable bonds is 6. The number of aliphatic carboxylic acids is 1. The molecule has 0 aromatic carbocycles. The monoisotopic (exact) mass is 286 g/mol. The Kier molecular flexibility index (Phi) is 5.80. The van der Waals surface area contributed by atoms with E-state index in [4.69, 9.17) is 4.74 Å². The van der Waals surface area contributed by atoms with Crippen molar-refractivity contribution in [2.24, 2.45) is 11.3 Å². The number of carbonyl (C=O) groups is 2. The van der Waals surface area contributed by atoms with Gasteiger partial charge >= 0.3 is 12.0 Å². The van der Waals surface area contributed by atoms with Crippen molar-refractivity contribution in [2.45, 2.75) is 52.6 Å². The average molecular weight is 286 g/mol. The summed E-state index contributed by atoms with van der Waals surface area (Å²) in [6.45, 7) is 8.17. The SMILES string of the molecule is CC(C)CCC(C)NC(=O)NC1COCC1(C)C(=O)O. The first kappa shape index (κ1) is 16.8. The van der Waals surface area contributed by atoms with Gasteiger partial charge in [-0.25, -0.2) is 4.79 Å². The zero-order valence-electron chi connectivity index (χ0n) is 12.7. The molecule has 116 valence electrons. The molecule has 3 N–H and O–H groups in total. The molecule has 6 nitrogen and oxygen atoms in total. The Hall–Kier alpha value is -1.30. The van der Waals surface area contributed by atoms with E-state index in [2.05, 4.69) is 24.5 Å². The summed E-state index contributed by atoms with van der Waals surface area (Å²) in [5.41, 5.74) is -1.06. The summed E-state index contributed by atoms with van der Waals surface area (Å²) in [6.07, 6.45) is 1.95. The van der Waals surface area contributed by atoms with E-state index in [0.29, 0.717) is 5.92 Å². The van der Waals surface area contributed by atoms with Crippen molar-refractivity contribution in [1.82, 2.24) is 10.6 Å². The maximum Gasteiger partial charge on any atom is 0.315 e. The molecule has 0 aromatic heterocycles. The summed E-state index contributed by atoms with van der Waals surface area (Å²) < 4.78 is 5.20. The van der Waals surface area contributed by atoms with E-state index in [1.807, 2.05) is 6.92 Å². The van der Waals surface area contributed by atoms with Crippen LogP contribution in [0, 0.1) is 11.3 Å². The minimum Gasteiger partial charge on any atom is -0.481 e. The third-order valence-corrected chi connectivity index (χ3v) is 3.80. The number of nitrogens with one attached hydrogen (secondary N) is 2. The van der Waals surface area contributed by atoms with Gasteiger partial charge in [0.25, 0.3) is 0 Å². The van der Waals surface area contributed by atoms with Gasteiger partial charge < -0.3 is 20.5 Å². The molecular weight excluding hydrogens is 260 g/mol. The van der Waals surface area contributed by atoms with Crippen molar-refractivity contribution < 1.29 is 19.4 Å². The summed E-state index contributed by atoms with van der Waals surface area (Å²) in [4.78, 5) is 23.2. The predicted molar refractivity (Wildman–Crippen MR) is 75.6 cm³/mol. The van der Waals surface area contributed by atoms with E-state index in [1.165, 1.54) is 0 Å². The maximum atomic E-state index is 11.9. The fourth-order valence-electron chi connectivity index (χ4n) is 2.16. The van der Waals surface area contributed by atoms with Gasteiger partial charge in [-0.05, 0) is 32.6 Å². The largest absolute Gasteiger partial charge is 0.481 e. The number of urea groups is 1. The maximum absolute atomic E-state index is 11.9. The number of hydrogen-bond acceptors (Lipinski definition) is 3. The van der Waals surface area contributed by atoms with Gasteiger partial charge in [-0.1, -0.05) is 13.8 Å². The lowest BCUT2D eigenvalue weighted by Crippen LogP contribution is -2.53. The number of amides is 2.